The zero-order valence-electron chi connectivity index (χ0n) is 17.8. The third kappa shape index (κ3) is 5.83. The van der Waals surface area contributed by atoms with Crippen LogP contribution < -0.4 is 16.0 Å². The highest BCUT2D eigenvalue weighted by Crippen LogP contribution is 2.21. The van der Waals surface area contributed by atoms with E-state index in [2.05, 4.69) is 16.0 Å². The van der Waals surface area contributed by atoms with E-state index in [4.69, 9.17) is 5.11 Å². The van der Waals surface area contributed by atoms with Gasteiger partial charge in [0.05, 0.1) is 12.6 Å². The topological polar surface area (TPSA) is 148 Å². The number of likely N-dealkylation sites (tertiary alicyclic amines) is 1. The van der Waals surface area contributed by atoms with E-state index in [9.17, 15) is 24.3 Å². The molecule has 5 N–H and O–H groups in total. The number of carboxylic acid groups (broad SMARTS) is 1. The van der Waals surface area contributed by atoms with Gasteiger partial charge in [-0.3, -0.25) is 14.4 Å². The van der Waals surface area contributed by atoms with E-state index >= 15 is 0 Å². The van der Waals surface area contributed by atoms with Gasteiger partial charge in [0.1, 0.15) is 18.1 Å². The summed E-state index contributed by atoms with van der Waals surface area (Å²) in [6.45, 7) is 0.485. The molecule has 32 heavy (non-hydrogen) atoms. The van der Waals surface area contributed by atoms with Crippen LogP contribution in [0.2, 0.25) is 0 Å². The first-order valence-electron chi connectivity index (χ1n) is 10.9. The fraction of sp³-hybridized carbons (Fsp3) is 0.545. The second-order valence-electron chi connectivity index (χ2n) is 8.17. The molecule has 2 aliphatic heterocycles. The van der Waals surface area contributed by atoms with E-state index in [-0.39, 0.29) is 18.4 Å². The number of aliphatic hydroxyl groups is 1. The average molecular weight is 447 g/mol. The molecular weight excluding hydrogens is 416 g/mol. The molecule has 0 bridgehead atoms. The minimum atomic E-state index is -1.48. The maximum atomic E-state index is 13.1. The lowest BCUT2D eigenvalue weighted by Gasteiger charge is -2.28. The maximum Gasteiger partial charge on any atom is 0.328 e. The molecule has 3 amide bonds. The Morgan fingerprint density at radius 2 is 1.81 bits per heavy atom. The van der Waals surface area contributed by atoms with Gasteiger partial charge >= 0.3 is 5.97 Å². The number of nitrogens with one attached hydrogen (secondary N) is 3. The summed E-state index contributed by atoms with van der Waals surface area (Å²) in [4.78, 5) is 51.5. The van der Waals surface area contributed by atoms with Crippen molar-refractivity contribution >= 4 is 23.7 Å². The molecule has 2 fully saturated rings. The van der Waals surface area contributed by atoms with E-state index in [1.165, 1.54) is 0 Å². The fourth-order valence-electron chi connectivity index (χ4n) is 4.18. The van der Waals surface area contributed by atoms with E-state index in [0.29, 0.717) is 19.4 Å². The van der Waals surface area contributed by atoms with Gasteiger partial charge in [0.25, 0.3) is 0 Å². The standard InChI is InChI=1S/C22H30N4O6/c27-13-17(22(31)32)25-19(28)16(12-14-6-2-1-3-7-14)24-20(29)18-9-5-11-26(18)21(30)15-8-4-10-23-15/h1-3,6-7,15-18,23,27H,4-5,8-13H2,(H,24,29)(H,25,28)(H,31,32). The van der Waals surface area contributed by atoms with Crippen LogP contribution in [0.25, 0.3) is 0 Å². The average Bonchev–Trinajstić information content (AvgIpc) is 3.49. The number of carboxylic acids is 1. The number of hydrogen-bond acceptors (Lipinski definition) is 6. The fourth-order valence-corrected chi connectivity index (χ4v) is 4.18. The minimum absolute atomic E-state index is 0.101. The van der Waals surface area contributed by atoms with Gasteiger partial charge < -0.3 is 31.1 Å². The summed E-state index contributed by atoms with van der Waals surface area (Å²) in [5, 5.41) is 26.5. The molecule has 1 aromatic carbocycles. The summed E-state index contributed by atoms with van der Waals surface area (Å²) in [6, 6.07) is 5.52. The van der Waals surface area contributed by atoms with Crippen molar-refractivity contribution in [3.63, 3.8) is 0 Å². The number of nitrogens with zero attached hydrogens (tertiary/aromatic N) is 1. The van der Waals surface area contributed by atoms with Gasteiger partial charge in [-0.2, -0.15) is 0 Å². The molecule has 3 rings (SSSR count). The number of benzene rings is 1. The molecule has 0 aromatic heterocycles. The third-order valence-corrected chi connectivity index (χ3v) is 5.91. The Morgan fingerprint density at radius 3 is 2.44 bits per heavy atom. The molecule has 2 aliphatic rings. The second-order valence-corrected chi connectivity index (χ2v) is 8.17. The summed E-state index contributed by atoms with van der Waals surface area (Å²) in [5.74, 6) is -2.63. The number of rotatable bonds is 9. The van der Waals surface area contributed by atoms with Crippen LogP contribution in [0.3, 0.4) is 0 Å². The predicted octanol–water partition coefficient (Wildman–Crippen LogP) is -0.981. The number of hydrogen-bond donors (Lipinski definition) is 5. The lowest BCUT2D eigenvalue weighted by Crippen LogP contribution is -2.57. The van der Waals surface area contributed by atoms with Crippen molar-refractivity contribution in [3.05, 3.63) is 35.9 Å². The molecule has 0 spiro atoms. The van der Waals surface area contributed by atoms with Crippen molar-refractivity contribution in [2.24, 2.45) is 0 Å². The highest BCUT2D eigenvalue weighted by atomic mass is 16.4. The van der Waals surface area contributed by atoms with Crippen LogP contribution in [0, 0.1) is 0 Å². The Labute approximate surface area is 186 Å². The van der Waals surface area contributed by atoms with Gasteiger partial charge in [0, 0.05) is 13.0 Å². The van der Waals surface area contributed by atoms with Gasteiger partial charge in [0.15, 0.2) is 0 Å². The Bertz CT molecular complexity index is 827. The van der Waals surface area contributed by atoms with E-state index in [1.54, 1.807) is 29.2 Å². The number of aliphatic hydroxyl groups excluding tert-OH is 1. The molecule has 10 heteroatoms. The molecule has 0 aliphatic carbocycles. The van der Waals surface area contributed by atoms with Gasteiger partial charge in [-0.25, -0.2) is 4.79 Å². The summed E-state index contributed by atoms with van der Waals surface area (Å²) >= 11 is 0. The molecule has 4 atom stereocenters. The highest BCUT2D eigenvalue weighted by Gasteiger charge is 2.39. The van der Waals surface area contributed by atoms with Gasteiger partial charge in [-0.05, 0) is 37.8 Å². The molecule has 174 valence electrons. The van der Waals surface area contributed by atoms with E-state index < -0.39 is 42.5 Å². The van der Waals surface area contributed by atoms with Gasteiger partial charge in [-0.15, -0.1) is 0 Å². The highest BCUT2D eigenvalue weighted by molar-refractivity contribution is 5.94. The second kappa shape index (κ2) is 11.1. The quantitative estimate of drug-likeness (QED) is 0.327. The van der Waals surface area contributed by atoms with Crippen molar-refractivity contribution in [1.29, 1.82) is 0 Å². The maximum absolute atomic E-state index is 13.1. The Hall–Kier alpha value is -2.98. The van der Waals surface area contributed by atoms with Gasteiger partial charge in [-0.1, -0.05) is 30.3 Å². The summed E-state index contributed by atoms with van der Waals surface area (Å²) in [6.07, 6.45) is 2.98. The number of aliphatic carboxylic acids is 1. The van der Waals surface area contributed by atoms with Crippen molar-refractivity contribution in [2.75, 3.05) is 19.7 Å². The predicted molar refractivity (Wildman–Crippen MR) is 114 cm³/mol. The molecular formula is C22H30N4O6. The monoisotopic (exact) mass is 446 g/mol. The number of carbonyl (C=O) groups is 4. The number of amides is 3. The normalized spacial score (nSPS) is 22.2. The van der Waals surface area contributed by atoms with Crippen LogP contribution in [-0.2, 0) is 25.6 Å². The zero-order valence-corrected chi connectivity index (χ0v) is 17.8. The molecule has 2 saturated heterocycles. The van der Waals surface area contributed by atoms with Crippen LogP contribution in [0.4, 0.5) is 0 Å². The molecule has 2 heterocycles. The lowest BCUT2D eigenvalue weighted by atomic mass is 10.0. The first-order chi connectivity index (χ1) is 15.4. The number of carbonyl (C=O) groups excluding carboxylic acids is 3. The summed E-state index contributed by atoms with van der Waals surface area (Å²) < 4.78 is 0. The molecule has 0 saturated carbocycles. The summed E-state index contributed by atoms with van der Waals surface area (Å²) in [5.41, 5.74) is 0.776. The first kappa shape index (κ1) is 23.7. The van der Waals surface area contributed by atoms with E-state index in [1.807, 2.05) is 6.07 Å². The van der Waals surface area contributed by atoms with E-state index in [0.717, 1.165) is 24.9 Å². The van der Waals surface area contributed by atoms with Gasteiger partial charge in [0.2, 0.25) is 17.7 Å². The van der Waals surface area contributed by atoms with Crippen LogP contribution >= 0.6 is 0 Å². The third-order valence-electron chi connectivity index (χ3n) is 5.91. The largest absolute Gasteiger partial charge is 0.480 e. The van der Waals surface area contributed by atoms with Crippen LogP contribution in [0.15, 0.2) is 30.3 Å². The molecule has 4 unspecified atom stereocenters. The molecule has 10 nitrogen and oxygen atoms in total. The Kier molecular flexibility index (Phi) is 8.18. The van der Waals surface area contributed by atoms with Crippen molar-refractivity contribution in [2.45, 2.75) is 56.3 Å². The Balaban J connectivity index is 1.72. The zero-order chi connectivity index (χ0) is 23.1. The molecule has 1 aromatic rings. The molecule has 0 radical (unpaired) electrons. The Morgan fingerprint density at radius 1 is 1.06 bits per heavy atom. The van der Waals surface area contributed by atoms with Crippen LogP contribution in [-0.4, -0.2) is 82.7 Å². The SMILES string of the molecule is O=C(O)C(CO)NC(=O)C(Cc1ccccc1)NC(=O)C1CCCN1C(=O)C1CCCN1. The van der Waals surface area contributed by atoms with Crippen molar-refractivity contribution < 1.29 is 29.4 Å². The van der Waals surface area contributed by atoms with Crippen molar-refractivity contribution in [3.8, 4) is 0 Å². The lowest BCUT2D eigenvalue weighted by molar-refractivity contribution is -0.144. The minimum Gasteiger partial charge on any atom is -0.480 e. The smallest absolute Gasteiger partial charge is 0.328 e. The summed E-state index contributed by atoms with van der Waals surface area (Å²) in [7, 11) is 0. The van der Waals surface area contributed by atoms with Crippen molar-refractivity contribution in [1.82, 2.24) is 20.9 Å². The van der Waals surface area contributed by atoms with Crippen LogP contribution in [0.1, 0.15) is 31.2 Å². The van der Waals surface area contributed by atoms with Crippen LogP contribution in [0.5, 0.6) is 0 Å². The first-order valence-corrected chi connectivity index (χ1v) is 10.9.